The maximum atomic E-state index is 12.7. The molecule has 1 aromatic heterocycles. The van der Waals surface area contributed by atoms with Crippen LogP contribution in [-0.2, 0) is 9.59 Å². The fourth-order valence-corrected chi connectivity index (χ4v) is 3.97. The number of hydrogen-bond acceptors (Lipinski definition) is 7. The molecular formula is C26H26N4O4S. The first-order chi connectivity index (χ1) is 17.0. The molecule has 0 unspecified atom stereocenters. The molecule has 0 atom stereocenters. The molecule has 0 aliphatic rings. The number of ether oxygens (including phenoxy) is 2. The lowest BCUT2D eigenvalue weighted by Crippen LogP contribution is -2.34. The van der Waals surface area contributed by atoms with Gasteiger partial charge < -0.3 is 14.4 Å². The van der Waals surface area contributed by atoms with Crippen molar-refractivity contribution in [2.24, 2.45) is 0 Å². The zero-order chi connectivity index (χ0) is 25.2. The van der Waals surface area contributed by atoms with Crippen LogP contribution in [0.4, 0.5) is 5.13 Å². The molecule has 2 amide bonds. The van der Waals surface area contributed by atoms with Crippen molar-refractivity contribution in [2.45, 2.75) is 13.8 Å². The van der Waals surface area contributed by atoms with E-state index in [1.807, 2.05) is 55.6 Å². The van der Waals surface area contributed by atoms with E-state index in [0.29, 0.717) is 35.3 Å². The van der Waals surface area contributed by atoms with Gasteiger partial charge in [0.25, 0.3) is 11.8 Å². The van der Waals surface area contributed by atoms with Gasteiger partial charge in [-0.3, -0.25) is 14.9 Å². The molecule has 35 heavy (non-hydrogen) atoms. The fourth-order valence-electron chi connectivity index (χ4n) is 3.25. The number of amides is 2. The highest BCUT2D eigenvalue weighted by atomic mass is 32.1. The molecule has 0 radical (unpaired) electrons. The smallest absolute Gasteiger partial charge is 0.268 e. The lowest BCUT2D eigenvalue weighted by Gasteiger charge is -2.19. The largest absolute Gasteiger partial charge is 0.493 e. The molecule has 0 aliphatic heterocycles. The number of nitriles is 1. The Balaban J connectivity index is 1.71. The minimum Gasteiger partial charge on any atom is -0.493 e. The van der Waals surface area contributed by atoms with Gasteiger partial charge in [0.1, 0.15) is 11.6 Å². The average Bonchev–Trinajstić information content (AvgIpc) is 3.35. The van der Waals surface area contributed by atoms with Crippen LogP contribution in [0.2, 0.25) is 0 Å². The zero-order valence-electron chi connectivity index (χ0n) is 19.8. The molecule has 180 valence electrons. The number of aromatic nitrogens is 1. The average molecular weight is 491 g/mol. The van der Waals surface area contributed by atoms with Crippen LogP contribution in [-0.4, -0.2) is 48.5 Å². The third-order valence-corrected chi connectivity index (χ3v) is 5.88. The highest BCUT2D eigenvalue weighted by Gasteiger charge is 2.15. The lowest BCUT2D eigenvalue weighted by atomic mass is 10.1. The third-order valence-electron chi connectivity index (χ3n) is 5.13. The minimum absolute atomic E-state index is 0.0890. The summed E-state index contributed by atoms with van der Waals surface area (Å²) in [5.74, 6) is 0.0909. The standard InChI is InChI=1S/C26H26N4O4S/c1-4-30(5-2)24(31)16-34-22-12-11-18(14-23(22)33-3)13-20(15-27)25(32)29-26-28-21(17-35-26)19-9-7-6-8-10-19/h6-14,17H,4-5,16H2,1-3H3,(H,28,29,32). The van der Waals surface area contributed by atoms with Gasteiger partial charge in [-0.25, -0.2) is 4.98 Å². The number of nitrogens with one attached hydrogen (secondary N) is 1. The van der Waals surface area contributed by atoms with E-state index >= 15 is 0 Å². The van der Waals surface area contributed by atoms with Gasteiger partial charge in [0.2, 0.25) is 0 Å². The van der Waals surface area contributed by atoms with Crippen LogP contribution in [0.3, 0.4) is 0 Å². The summed E-state index contributed by atoms with van der Waals surface area (Å²) in [4.78, 5) is 31.0. The second-order valence-corrected chi connectivity index (χ2v) is 8.15. The van der Waals surface area contributed by atoms with E-state index in [1.165, 1.54) is 24.5 Å². The van der Waals surface area contributed by atoms with Crippen molar-refractivity contribution >= 4 is 34.4 Å². The number of rotatable bonds is 10. The van der Waals surface area contributed by atoms with E-state index in [1.54, 1.807) is 23.1 Å². The van der Waals surface area contributed by atoms with E-state index < -0.39 is 5.91 Å². The zero-order valence-corrected chi connectivity index (χ0v) is 20.6. The summed E-state index contributed by atoms with van der Waals surface area (Å²) < 4.78 is 11.0. The Morgan fingerprint density at radius 1 is 1.14 bits per heavy atom. The van der Waals surface area contributed by atoms with E-state index in [9.17, 15) is 14.9 Å². The van der Waals surface area contributed by atoms with E-state index in [2.05, 4.69) is 10.3 Å². The van der Waals surface area contributed by atoms with Gasteiger partial charge in [-0.15, -0.1) is 11.3 Å². The van der Waals surface area contributed by atoms with E-state index in [4.69, 9.17) is 9.47 Å². The summed E-state index contributed by atoms with van der Waals surface area (Å²) in [5.41, 5.74) is 2.16. The van der Waals surface area contributed by atoms with Gasteiger partial charge >= 0.3 is 0 Å². The summed E-state index contributed by atoms with van der Waals surface area (Å²) in [6.07, 6.45) is 1.45. The topological polar surface area (TPSA) is 105 Å². The van der Waals surface area contributed by atoms with E-state index in [0.717, 1.165) is 11.3 Å². The van der Waals surface area contributed by atoms with Crippen LogP contribution in [0.15, 0.2) is 59.5 Å². The first kappa shape index (κ1) is 25.5. The SMILES string of the molecule is CCN(CC)C(=O)COc1ccc(C=C(C#N)C(=O)Nc2nc(-c3ccccc3)cs2)cc1OC. The summed E-state index contributed by atoms with van der Waals surface area (Å²) in [6, 6.07) is 16.5. The molecule has 0 spiro atoms. The number of hydrogen-bond donors (Lipinski definition) is 1. The molecule has 8 nitrogen and oxygen atoms in total. The van der Waals surface area contributed by atoms with Gasteiger partial charge in [0.15, 0.2) is 23.2 Å². The Labute approximate surface area is 208 Å². The van der Waals surface area contributed by atoms with Crippen LogP contribution in [0.5, 0.6) is 11.5 Å². The second-order valence-electron chi connectivity index (χ2n) is 7.29. The number of thiazole rings is 1. The summed E-state index contributed by atoms with van der Waals surface area (Å²) in [5, 5.41) is 14.5. The number of likely N-dealkylation sites (N-methyl/N-ethyl adjacent to an activating group) is 1. The van der Waals surface area contributed by atoms with Crippen LogP contribution >= 0.6 is 11.3 Å². The molecule has 0 saturated heterocycles. The van der Waals surface area contributed by atoms with Crippen LogP contribution in [0.25, 0.3) is 17.3 Å². The second kappa shape index (κ2) is 12.3. The predicted octanol–water partition coefficient (Wildman–Crippen LogP) is 4.61. The molecule has 2 aromatic carbocycles. The first-order valence-corrected chi connectivity index (χ1v) is 11.9. The molecule has 1 heterocycles. The van der Waals surface area contributed by atoms with Crippen molar-refractivity contribution < 1.29 is 19.1 Å². The molecule has 3 aromatic rings. The molecule has 0 saturated carbocycles. The Bertz CT molecular complexity index is 1240. The lowest BCUT2D eigenvalue weighted by molar-refractivity contribution is -0.133. The number of benzene rings is 2. The summed E-state index contributed by atoms with van der Waals surface area (Å²) in [6.45, 7) is 4.91. The molecule has 3 rings (SSSR count). The van der Waals surface area contributed by atoms with Gasteiger partial charge in [-0.2, -0.15) is 5.26 Å². The predicted molar refractivity (Wildman–Crippen MR) is 136 cm³/mol. The van der Waals surface area contributed by atoms with Gasteiger partial charge in [0, 0.05) is 24.0 Å². The van der Waals surface area contributed by atoms with Crippen molar-refractivity contribution in [1.29, 1.82) is 5.26 Å². The van der Waals surface area contributed by atoms with Crippen LogP contribution in [0, 0.1) is 11.3 Å². The Morgan fingerprint density at radius 3 is 2.54 bits per heavy atom. The highest BCUT2D eigenvalue weighted by Crippen LogP contribution is 2.29. The Hall–Kier alpha value is -4.16. The van der Waals surface area contributed by atoms with Crippen molar-refractivity contribution in [3.63, 3.8) is 0 Å². The molecule has 0 bridgehead atoms. The number of nitrogens with zero attached hydrogens (tertiary/aromatic N) is 3. The normalized spacial score (nSPS) is 10.9. The summed E-state index contributed by atoms with van der Waals surface area (Å²) >= 11 is 1.28. The van der Waals surface area contributed by atoms with Crippen LogP contribution in [0.1, 0.15) is 19.4 Å². The maximum absolute atomic E-state index is 12.7. The minimum atomic E-state index is -0.564. The Kier molecular flexibility index (Phi) is 8.98. The quantitative estimate of drug-likeness (QED) is 0.329. The summed E-state index contributed by atoms with van der Waals surface area (Å²) in [7, 11) is 1.48. The van der Waals surface area contributed by atoms with Crippen molar-refractivity contribution in [3.05, 3.63) is 65.0 Å². The van der Waals surface area contributed by atoms with Gasteiger partial charge in [-0.05, 0) is 37.6 Å². The van der Waals surface area contributed by atoms with Gasteiger partial charge in [0.05, 0.1) is 12.8 Å². The van der Waals surface area contributed by atoms with Crippen molar-refractivity contribution in [2.75, 3.05) is 32.1 Å². The first-order valence-electron chi connectivity index (χ1n) is 11.0. The van der Waals surface area contributed by atoms with Crippen LogP contribution < -0.4 is 14.8 Å². The molecule has 9 heteroatoms. The van der Waals surface area contributed by atoms with Crippen molar-refractivity contribution in [1.82, 2.24) is 9.88 Å². The maximum Gasteiger partial charge on any atom is 0.268 e. The van der Waals surface area contributed by atoms with Crippen molar-refractivity contribution in [3.8, 4) is 28.8 Å². The number of carbonyl (C=O) groups is 2. The number of anilines is 1. The molecule has 1 N–H and O–H groups in total. The monoisotopic (exact) mass is 490 g/mol. The van der Waals surface area contributed by atoms with Gasteiger partial charge in [-0.1, -0.05) is 36.4 Å². The van der Waals surface area contributed by atoms with E-state index in [-0.39, 0.29) is 18.1 Å². The number of methoxy groups -OCH3 is 1. The molecular weight excluding hydrogens is 464 g/mol. The molecule has 0 aliphatic carbocycles. The fraction of sp³-hybridized carbons (Fsp3) is 0.231. The Morgan fingerprint density at radius 2 is 1.89 bits per heavy atom. The highest BCUT2D eigenvalue weighted by molar-refractivity contribution is 7.14. The third kappa shape index (κ3) is 6.68. The molecule has 0 fully saturated rings. The number of carbonyl (C=O) groups excluding carboxylic acids is 2.